The van der Waals surface area contributed by atoms with Gasteiger partial charge in [-0.05, 0) is 41.8 Å². The van der Waals surface area contributed by atoms with Crippen molar-refractivity contribution in [3.05, 3.63) is 64.1 Å². The van der Waals surface area contributed by atoms with E-state index in [1.165, 1.54) is 7.11 Å². The molecule has 2 N–H and O–H groups in total. The lowest BCUT2D eigenvalue weighted by Gasteiger charge is -2.10. The van der Waals surface area contributed by atoms with E-state index < -0.39 is 12.0 Å². The fourth-order valence-corrected chi connectivity index (χ4v) is 2.45. The van der Waals surface area contributed by atoms with Crippen LogP contribution < -0.4 is 10.5 Å². The Bertz CT molecular complexity index is 628. The van der Waals surface area contributed by atoms with Crippen molar-refractivity contribution >= 4 is 21.9 Å². The Morgan fingerprint density at radius 1 is 1.18 bits per heavy atom. The monoisotopic (exact) mass is 363 g/mol. The van der Waals surface area contributed by atoms with Gasteiger partial charge in [-0.2, -0.15) is 0 Å². The van der Waals surface area contributed by atoms with Gasteiger partial charge in [-0.3, -0.25) is 4.79 Å². The number of benzene rings is 2. The smallest absolute Gasteiger partial charge is 0.322 e. The Labute approximate surface area is 138 Å². The number of halogens is 1. The maximum absolute atomic E-state index is 11.3. The van der Waals surface area contributed by atoms with E-state index in [-0.39, 0.29) is 0 Å². The molecule has 116 valence electrons. The van der Waals surface area contributed by atoms with Crippen LogP contribution in [-0.4, -0.2) is 19.1 Å². The first-order valence-electron chi connectivity index (χ1n) is 6.88. The number of carbonyl (C=O) groups is 1. The third kappa shape index (κ3) is 4.86. The highest BCUT2D eigenvalue weighted by molar-refractivity contribution is 9.10. The molecule has 2 rings (SSSR count). The molecule has 2 aromatic carbocycles. The molecule has 4 nitrogen and oxygen atoms in total. The Hall–Kier alpha value is -1.85. The number of hydrogen-bond donors (Lipinski definition) is 1. The normalized spacial score (nSPS) is 11.8. The zero-order valence-electron chi connectivity index (χ0n) is 12.3. The zero-order valence-corrected chi connectivity index (χ0v) is 13.9. The minimum Gasteiger partial charge on any atom is -0.489 e. The lowest BCUT2D eigenvalue weighted by molar-refractivity contribution is -0.142. The van der Waals surface area contributed by atoms with Crippen molar-refractivity contribution in [1.29, 1.82) is 0 Å². The van der Waals surface area contributed by atoms with Gasteiger partial charge in [-0.25, -0.2) is 0 Å². The minimum atomic E-state index is -0.640. The van der Waals surface area contributed by atoms with Crippen LogP contribution in [0.1, 0.15) is 11.1 Å². The first-order chi connectivity index (χ1) is 10.6. The van der Waals surface area contributed by atoms with Crippen molar-refractivity contribution in [2.75, 3.05) is 7.11 Å². The number of rotatable bonds is 6. The summed E-state index contributed by atoms with van der Waals surface area (Å²) in [4.78, 5) is 11.3. The third-order valence-corrected chi connectivity index (χ3v) is 3.67. The van der Waals surface area contributed by atoms with Crippen molar-refractivity contribution in [3.8, 4) is 5.75 Å². The van der Waals surface area contributed by atoms with Gasteiger partial charge in [0.1, 0.15) is 18.4 Å². The van der Waals surface area contributed by atoms with Crippen LogP contribution in [0.3, 0.4) is 0 Å². The molecule has 2 aromatic rings. The highest BCUT2D eigenvalue weighted by atomic mass is 79.9. The summed E-state index contributed by atoms with van der Waals surface area (Å²) < 4.78 is 11.4. The van der Waals surface area contributed by atoms with Gasteiger partial charge >= 0.3 is 5.97 Å². The van der Waals surface area contributed by atoms with E-state index in [2.05, 4.69) is 20.7 Å². The fourth-order valence-electron chi connectivity index (χ4n) is 2.00. The predicted molar refractivity (Wildman–Crippen MR) is 88.6 cm³/mol. The highest BCUT2D eigenvalue weighted by Gasteiger charge is 2.13. The van der Waals surface area contributed by atoms with Gasteiger partial charge in [0.05, 0.1) is 7.11 Å². The summed E-state index contributed by atoms with van der Waals surface area (Å²) >= 11 is 3.43. The Morgan fingerprint density at radius 3 is 2.55 bits per heavy atom. The second kappa shape index (κ2) is 7.96. The zero-order chi connectivity index (χ0) is 15.9. The molecule has 22 heavy (non-hydrogen) atoms. The van der Waals surface area contributed by atoms with Crippen molar-refractivity contribution in [1.82, 2.24) is 0 Å². The van der Waals surface area contributed by atoms with Crippen molar-refractivity contribution in [2.24, 2.45) is 5.73 Å². The molecule has 0 aliphatic carbocycles. The molecule has 5 heteroatoms. The minimum absolute atomic E-state index is 0.407. The van der Waals surface area contributed by atoms with E-state index in [0.717, 1.165) is 21.3 Å². The van der Waals surface area contributed by atoms with Gasteiger partial charge in [-0.1, -0.05) is 40.2 Å². The molecule has 0 aromatic heterocycles. The molecule has 0 aliphatic rings. The topological polar surface area (TPSA) is 61.5 Å². The average Bonchev–Trinajstić information content (AvgIpc) is 2.53. The van der Waals surface area contributed by atoms with Crippen LogP contribution >= 0.6 is 15.9 Å². The number of methoxy groups -OCH3 is 1. The number of esters is 1. The standard InChI is InChI=1S/C17H18BrNO3/c1-21-17(20)16(19)10-12-5-7-15(8-6-12)22-11-13-3-2-4-14(18)9-13/h2-9,16H,10-11,19H2,1H3. The second-order valence-corrected chi connectivity index (χ2v) is 5.81. The Balaban J connectivity index is 1.90. The number of carbonyl (C=O) groups excluding carboxylic acids is 1. The van der Waals surface area contributed by atoms with Crippen LogP contribution in [-0.2, 0) is 22.6 Å². The lowest BCUT2D eigenvalue weighted by Crippen LogP contribution is -2.33. The van der Waals surface area contributed by atoms with Crippen molar-refractivity contribution in [2.45, 2.75) is 19.1 Å². The van der Waals surface area contributed by atoms with E-state index in [9.17, 15) is 4.79 Å². The van der Waals surface area contributed by atoms with Gasteiger partial charge < -0.3 is 15.2 Å². The molecule has 0 saturated heterocycles. The average molecular weight is 364 g/mol. The Morgan fingerprint density at radius 2 is 1.91 bits per heavy atom. The molecule has 0 aliphatic heterocycles. The van der Waals surface area contributed by atoms with Crippen LogP contribution in [0.25, 0.3) is 0 Å². The molecule has 0 heterocycles. The molecule has 0 amide bonds. The summed E-state index contributed by atoms with van der Waals surface area (Å²) in [5.74, 6) is 0.366. The van der Waals surface area contributed by atoms with E-state index in [1.54, 1.807) is 0 Å². The van der Waals surface area contributed by atoms with Crippen LogP contribution in [0.2, 0.25) is 0 Å². The molecule has 1 atom stereocenters. The second-order valence-electron chi connectivity index (χ2n) is 4.90. The molecule has 0 fully saturated rings. The first kappa shape index (κ1) is 16.5. The molecule has 1 unspecified atom stereocenters. The fraction of sp³-hybridized carbons (Fsp3) is 0.235. The van der Waals surface area contributed by atoms with Crippen LogP contribution in [0.5, 0.6) is 5.75 Å². The molecular weight excluding hydrogens is 346 g/mol. The predicted octanol–water partition coefficient (Wildman–Crippen LogP) is 3.07. The maximum Gasteiger partial charge on any atom is 0.322 e. The van der Waals surface area contributed by atoms with E-state index >= 15 is 0 Å². The van der Waals surface area contributed by atoms with Crippen LogP contribution in [0.4, 0.5) is 0 Å². The Kier molecular flexibility index (Phi) is 5.98. The van der Waals surface area contributed by atoms with E-state index in [0.29, 0.717) is 13.0 Å². The van der Waals surface area contributed by atoms with Gasteiger partial charge in [0.25, 0.3) is 0 Å². The number of hydrogen-bond acceptors (Lipinski definition) is 4. The molecule has 0 radical (unpaired) electrons. The molecule has 0 saturated carbocycles. The first-order valence-corrected chi connectivity index (χ1v) is 7.67. The maximum atomic E-state index is 11.3. The van der Waals surface area contributed by atoms with Gasteiger partial charge in [0, 0.05) is 4.47 Å². The van der Waals surface area contributed by atoms with Gasteiger partial charge in [-0.15, -0.1) is 0 Å². The summed E-state index contributed by atoms with van der Waals surface area (Å²) in [5.41, 5.74) is 7.79. The number of nitrogens with two attached hydrogens (primary N) is 1. The van der Waals surface area contributed by atoms with E-state index in [4.69, 9.17) is 10.5 Å². The van der Waals surface area contributed by atoms with Crippen LogP contribution in [0.15, 0.2) is 53.0 Å². The summed E-state index contributed by atoms with van der Waals surface area (Å²) in [7, 11) is 1.33. The lowest BCUT2D eigenvalue weighted by atomic mass is 10.1. The van der Waals surface area contributed by atoms with Crippen molar-refractivity contribution in [3.63, 3.8) is 0 Å². The SMILES string of the molecule is COC(=O)C(N)Cc1ccc(OCc2cccc(Br)c2)cc1. The van der Waals surface area contributed by atoms with E-state index in [1.807, 2.05) is 48.5 Å². The van der Waals surface area contributed by atoms with Crippen molar-refractivity contribution < 1.29 is 14.3 Å². The largest absolute Gasteiger partial charge is 0.489 e. The number of ether oxygens (including phenoxy) is 2. The molecule has 0 spiro atoms. The van der Waals surface area contributed by atoms with Crippen LogP contribution in [0, 0.1) is 0 Å². The molecular formula is C17H18BrNO3. The summed E-state index contributed by atoms with van der Waals surface area (Å²) in [6, 6.07) is 14.9. The summed E-state index contributed by atoms with van der Waals surface area (Å²) in [5, 5.41) is 0. The van der Waals surface area contributed by atoms with Gasteiger partial charge in [0.2, 0.25) is 0 Å². The quantitative estimate of drug-likeness (QED) is 0.801. The summed E-state index contributed by atoms with van der Waals surface area (Å²) in [6.07, 6.45) is 0.443. The summed E-state index contributed by atoms with van der Waals surface area (Å²) in [6.45, 7) is 0.500. The highest BCUT2D eigenvalue weighted by Crippen LogP contribution is 2.17. The molecule has 0 bridgehead atoms. The van der Waals surface area contributed by atoms with Gasteiger partial charge in [0.15, 0.2) is 0 Å². The third-order valence-electron chi connectivity index (χ3n) is 3.18.